The molecule has 1 fully saturated rings. The Morgan fingerprint density at radius 2 is 2.33 bits per heavy atom. The van der Waals surface area contributed by atoms with E-state index in [0.29, 0.717) is 16.5 Å². The Morgan fingerprint density at radius 3 is 2.80 bits per heavy atom. The number of rotatable bonds is 2. The zero-order valence-electron chi connectivity index (χ0n) is 8.13. The molecule has 1 aromatic carbocycles. The van der Waals surface area contributed by atoms with Crippen molar-refractivity contribution in [2.45, 2.75) is 19.3 Å². The van der Waals surface area contributed by atoms with Crippen LogP contribution >= 0.6 is 15.9 Å². The van der Waals surface area contributed by atoms with Crippen LogP contribution in [0.4, 0.5) is 4.39 Å². The summed E-state index contributed by atoms with van der Waals surface area (Å²) in [6, 6.07) is 4.76. The van der Waals surface area contributed by atoms with Crippen molar-refractivity contribution in [3.63, 3.8) is 0 Å². The van der Waals surface area contributed by atoms with Gasteiger partial charge >= 0.3 is 5.97 Å². The van der Waals surface area contributed by atoms with Crippen molar-refractivity contribution >= 4 is 21.9 Å². The third-order valence-corrected chi connectivity index (χ3v) is 3.56. The van der Waals surface area contributed by atoms with Gasteiger partial charge in [0.25, 0.3) is 0 Å². The first-order valence-electron chi connectivity index (χ1n) is 4.63. The fourth-order valence-corrected chi connectivity index (χ4v) is 2.17. The van der Waals surface area contributed by atoms with Crippen molar-refractivity contribution in [3.8, 4) is 0 Å². The zero-order valence-corrected chi connectivity index (χ0v) is 9.71. The molecule has 80 valence electrons. The van der Waals surface area contributed by atoms with Gasteiger partial charge in [-0.2, -0.15) is 0 Å². The van der Waals surface area contributed by atoms with Crippen LogP contribution in [0.3, 0.4) is 0 Å². The first-order valence-corrected chi connectivity index (χ1v) is 5.43. The minimum atomic E-state index is -0.852. The summed E-state index contributed by atoms with van der Waals surface area (Å²) in [6.07, 6.45) is 0.515. The summed E-state index contributed by atoms with van der Waals surface area (Å²) in [5.74, 6) is -1.38. The summed E-state index contributed by atoms with van der Waals surface area (Å²) in [4.78, 5) is 10.9. The van der Waals surface area contributed by atoms with Gasteiger partial charge in [-0.15, -0.1) is 0 Å². The Labute approximate surface area is 95.2 Å². The van der Waals surface area contributed by atoms with E-state index in [1.807, 2.05) is 0 Å². The number of halogens is 2. The summed E-state index contributed by atoms with van der Waals surface area (Å²) >= 11 is 3.17. The topological polar surface area (TPSA) is 37.3 Å². The highest BCUT2D eigenvalue weighted by Crippen LogP contribution is 2.59. The molecule has 0 bridgehead atoms. The van der Waals surface area contributed by atoms with Gasteiger partial charge in [-0.3, -0.25) is 4.79 Å². The largest absolute Gasteiger partial charge is 0.481 e. The number of carbonyl (C=O) groups is 1. The van der Waals surface area contributed by atoms with Crippen LogP contribution in [0.25, 0.3) is 0 Å². The van der Waals surface area contributed by atoms with Gasteiger partial charge in [0.15, 0.2) is 0 Å². The lowest BCUT2D eigenvalue weighted by molar-refractivity contribution is -0.142. The molecule has 1 aromatic rings. The molecular formula is C11H10BrFO2. The van der Waals surface area contributed by atoms with E-state index < -0.39 is 11.4 Å². The van der Waals surface area contributed by atoms with E-state index in [0.717, 1.165) is 0 Å². The van der Waals surface area contributed by atoms with Crippen LogP contribution in [0.5, 0.6) is 0 Å². The molecular weight excluding hydrogens is 263 g/mol. The van der Waals surface area contributed by atoms with Gasteiger partial charge in [-0.05, 0) is 31.0 Å². The van der Waals surface area contributed by atoms with E-state index in [4.69, 9.17) is 5.11 Å². The quantitative estimate of drug-likeness (QED) is 0.898. The zero-order chi connectivity index (χ0) is 11.2. The second-order valence-corrected chi connectivity index (χ2v) is 5.06. The normalized spacial score (nSPS) is 28.9. The summed E-state index contributed by atoms with van der Waals surface area (Å²) in [6.45, 7) is 1.65. The number of carboxylic acid groups (broad SMARTS) is 1. The van der Waals surface area contributed by atoms with Crippen molar-refractivity contribution in [3.05, 3.63) is 34.1 Å². The molecule has 0 spiro atoms. The second kappa shape index (κ2) is 3.30. The molecule has 1 N–H and O–H groups in total. The minimum absolute atomic E-state index is 0.192. The lowest BCUT2D eigenvalue weighted by atomic mass is 10.0. The maximum absolute atomic E-state index is 13.5. The molecule has 2 rings (SSSR count). The molecule has 1 aliphatic carbocycles. The standard InChI is InChI=1S/C11H10BrFO2/c1-11(10(14)15)5-8(11)7-3-2-6(12)4-9(7)13/h2-4,8H,5H2,1H3,(H,14,15). The Kier molecular flexibility index (Phi) is 2.34. The number of benzene rings is 1. The van der Waals surface area contributed by atoms with Crippen LogP contribution in [0.15, 0.2) is 22.7 Å². The fourth-order valence-electron chi connectivity index (χ4n) is 1.84. The highest BCUT2D eigenvalue weighted by atomic mass is 79.9. The maximum Gasteiger partial charge on any atom is 0.309 e. The third-order valence-electron chi connectivity index (χ3n) is 3.06. The van der Waals surface area contributed by atoms with Gasteiger partial charge in [0.1, 0.15) is 5.82 Å². The molecule has 0 aliphatic heterocycles. The van der Waals surface area contributed by atoms with E-state index in [1.165, 1.54) is 6.07 Å². The summed E-state index contributed by atoms with van der Waals surface area (Å²) in [7, 11) is 0. The Morgan fingerprint density at radius 1 is 1.67 bits per heavy atom. The highest BCUT2D eigenvalue weighted by molar-refractivity contribution is 9.10. The molecule has 0 aromatic heterocycles. The first kappa shape index (κ1) is 10.6. The van der Waals surface area contributed by atoms with Gasteiger partial charge in [-0.1, -0.05) is 22.0 Å². The average Bonchev–Trinajstić information content (AvgIpc) is 2.79. The molecule has 1 aliphatic rings. The summed E-state index contributed by atoms with van der Waals surface area (Å²) in [5, 5.41) is 8.96. The molecule has 0 heterocycles. The highest BCUT2D eigenvalue weighted by Gasteiger charge is 2.57. The Balaban J connectivity index is 2.31. The Hall–Kier alpha value is -0.900. The number of aliphatic carboxylic acids is 1. The number of carboxylic acids is 1. The van der Waals surface area contributed by atoms with Gasteiger partial charge in [0, 0.05) is 10.4 Å². The first-order chi connectivity index (χ1) is 6.95. The van der Waals surface area contributed by atoms with Crippen molar-refractivity contribution in [1.29, 1.82) is 0 Å². The van der Waals surface area contributed by atoms with Gasteiger partial charge in [0.2, 0.25) is 0 Å². The molecule has 15 heavy (non-hydrogen) atoms. The minimum Gasteiger partial charge on any atom is -0.481 e. The van der Waals surface area contributed by atoms with E-state index in [2.05, 4.69) is 15.9 Å². The monoisotopic (exact) mass is 272 g/mol. The Bertz CT molecular complexity index is 433. The predicted octanol–water partition coefficient (Wildman–Crippen LogP) is 3.17. The molecule has 2 atom stereocenters. The third kappa shape index (κ3) is 1.67. The van der Waals surface area contributed by atoms with Crippen LogP contribution in [-0.2, 0) is 4.79 Å². The van der Waals surface area contributed by atoms with Crippen LogP contribution in [0.1, 0.15) is 24.8 Å². The predicted molar refractivity (Wildman–Crippen MR) is 57.2 cm³/mol. The van der Waals surface area contributed by atoms with E-state index in [1.54, 1.807) is 19.1 Å². The fraction of sp³-hybridized carbons (Fsp3) is 0.364. The molecule has 0 saturated heterocycles. The van der Waals surface area contributed by atoms with Crippen molar-refractivity contribution in [2.75, 3.05) is 0 Å². The van der Waals surface area contributed by atoms with Crippen molar-refractivity contribution in [1.82, 2.24) is 0 Å². The van der Waals surface area contributed by atoms with Crippen LogP contribution < -0.4 is 0 Å². The molecule has 4 heteroatoms. The second-order valence-electron chi connectivity index (χ2n) is 4.15. The van der Waals surface area contributed by atoms with Crippen molar-refractivity contribution < 1.29 is 14.3 Å². The molecule has 2 unspecified atom stereocenters. The lowest BCUT2D eigenvalue weighted by Crippen LogP contribution is -2.12. The van der Waals surface area contributed by atoms with Gasteiger partial charge < -0.3 is 5.11 Å². The average molecular weight is 273 g/mol. The van der Waals surface area contributed by atoms with E-state index >= 15 is 0 Å². The molecule has 0 amide bonds. The van der Waals surface area contributed by atoms with Gasteiger partial charge in [0.05, 0.1) is 5.41 Å². The van der Waals surface area contributed by atoms with Crippen molar-refractivity contribution in [2.24, 2.45) is 5.41 Å². The van der Waals surface area contributed by atoms with Crippen LogP contribution in [0, 0.1) is 11.2 Å². The molecule has 1 saturated carbocycles. The van der Waals surface area contributed by atoms with E-state index in [9.17, 15) is 9.18 Å². The van der Waals surface area contributed by atoms with Crippen LogP contribution in [-0.4, -0.2) is 11.1 Å². The van der Waals surface area contributed by atoms with Crippen LogP contribution in [0.2, 0.25) is 0 Å². The van der Waals surface area contributed by atoms with E-state index in [-0.39, 0.29) is 11.7 Å². The molecule has 2 nitrogen and oxygen atoms in total. The molecule has 0 radical (unpaired) electrons. The summed E-state index contributed by atoms with van der Waals surface area (Å²) < 4.78 is 14.2. The van der Waals surface area contributed by atoms with Gasteiger partial charge in [-0.25, -0.2) is 4.39 Å². The number of hydrogen-bond donors (Lipinski definition) is 1. The smallest absolute Gasteiger partial charge is 0.309 e. The summed E-state index contributed by atoms with van der Waals surface area (Å²) in [5.41, 5.74) is -0.280. The SMILES string of the molecule is CC1(C(=O)O)CC1c1ccc(Br)cc1F. The lowest BCUT2D eigenvalue weighted by Gasteiger charge is -2.06. The number of hydrogen-bond acceptors (Lipinski definition) is 1. The maximum atomic E-state index is 13.5.